The molecule has 0 N–H and O–H groups in total. The van der Waals surface area contributed by atoms with Crippen molar-refractivity contribution in [2.24, 2.45) is 0 Å². The average Bonchev–Trinajstić information content (AvgIpc) is 2.86. The molecule has 1 rings (SSSR count). The summed E-state index contributed by atoms with van der Waals surface area (Å²) in [5.41, 5.74) is 1.29. The summed E-state index contributed by atoms with van der Waals surface area (Å²) in [4.78, 5) is 38.5. The molecule has 10 heteroatoms. The van der Waals surface area contributed by atoms with Crippen molar-refractivity contribution in [1.29, 1.82) is 0 Å². The van der Waals surface area contributed by atoms with Crippen molar-refractivity contribution >= 4 is 41.0 Å². The first-order chi connectivity index (χ1) is 10.4. The van der Waals surface area contributed by atoms with Crippen molar-refractivity contribution in [1.82, 2.24) is 20.1 Å². The molecule has 122 valence electrons. The van der Waals surface area contributed by atoms with E-state index in [2.05, 4.69) is 10.3 Å². The fourth-order valence-electron chi connectivity index (χ4n) is 1.67. The van der Waals surface area contributed by atoms with Gasteiger partial charge >= 0.3 is 5.97 Å². The van der Waals surface area contributed by atoms with Gasteiger partial charge in [0.1, 0.15) is 5.69 Å². The molecule has 1 aromatic heterocycles. The minimum Gasteiger partial charge on any atom is -0.330 e. The standard InChI is InChI=1S/C12H16Cl2N4O4/c1-8(19)18(9(2)20)22-12(21)4-3-5-17-11(7-14)10(6-13)15-16-17/h3-7H2,1-2H3. The van der Waals surface area contributed by atoms with Crippen molar-refractivity contribution in [3.8, 4) is 0 Å². The third-order valence-electron chi connectivity index (χ3n) is 2.69. The smallest absolute Gasteiger partial charge is 0.330 e. The maximum Gasteiger partial charge on any atom is 0.333 e. The van der Waals surface area contributed by atoms with Crippen LogP contribution >= 0.6 is 23.2 Å². The molecule has 2 amide bonds. The number of hydrogen-bond donors (Lipinski definition) is 0. The Labute approximate surface area is 137 Å². The van der Waals surface area contributed by atoms with E-state index in [4.69, 9.17) is 28.0 Å². The highest BCUT2D eigenvalue weighted by Gasteiger charge is 2.19. The van der Waals surface area contributed by atoms with Crippen LogP contribution < -0.4 is 0 Å². The number of halogens is 2. The zero-order valence-corrected chi connectivity index (χ0v) is 13.7. The molecular formula is C12H16Cl2N4O4. The van der Waals surface area contributed by atoms with Gasteiger partial charge in [-0.15, -0.1) is 33.4 Å². The molecule has 0 atom stereocenters. The lowest BCUT2D eigenvalue weighted by Crippen LogP contribution is -2.35. The molecule has 8 nitrogen and oxygen atoms in total. The number of hydrogen-bond acceptors (Lipinski definition) is 6. The van der Waals surface area contributed by atoms with Gasteiger partial charge in [0.25, 0.3) is 11.8 Å². The zero-order valence-electron chi connectivity index (χ0n) is 12.2. The molecule has 0 aliphatic heterocycles. The number of hydroxylamine groups is 2. The van der Waals surface area contributed by atoms with Crippen molar-refractivity contribution < 1.29 is 19.2 Å². The Morgan fingerprint density at radius 2 is 1.82 bits per heavy atom. The van der Waals surface area contributed by atoms with Crippen molar-refractivity contribution in [2.75, 3.05) is 0 Å². The quantitative estimate of drug-likeness (QED) is 0.568. The van der Waals surface area contributed by atoms with Crippen LogP contribution in [0.3, 0.4) is 0 Å². The first kappa shape index (κ1) is 18.4. The lowest BCUT2D eigenvalue weighted by atomic mass is 10.3. The summed E-state index contributed by atoms with van der Waals surface area (Å²) < 4.78 is 1.56. The number of carbonyl (C=O) groups excluding carboxylic acids is 3. The summed E-state index contributed by atoms with van der Waals surface area (Å²) in [6.45, 7) is 2.65. The highest BCUT2D eigenvalue weighted by Crippen LogP contribution is 2.12. The summed E-state index contributed by atoms with van der Waals surface area (Å²) in [5, 5.41) is 8.20. The maximum atomic E-state index is 11.6. The number of carbonyl (C=O) groups is 3. The Bertz CT molecular complexity index is 547. The van der Waals surface area contributed by atoms with Crippen LogP contribution in [0.1, 0.15) is 38.1 Å². The van der Waals surface area contributed by atoms with E-state index in [1.54, 1.807) is 4.68 Å². The second-order valence-corrected chi connectivity index (χ2v) is 4.91. The maximum absolute atomic E-state index is 11.6. The minimum atomic E-state index is -0.685. The Balaban J connectivity index is 2.50. The lowest BCUT2D eigenvalue weighted by Gasteiger charge is -2.15. The molecular weight excluding hydrogens is 335 g/mol. The topological polar surface area (TPSA) is 94.4 Å². The highest BCUT2D eigenvalue weighted by molar-refractivity contribution is 6.18. The van der Waals surface area contributed by atoms with E-state index in [0.717, 1.165) is 13.8 Å². The Hall–Kier alpha value is -1.67. The molecule has 0 aromatic carbocycles. The van der Waals surface area contributed by atoms with Crippen LogP contribution in [-0.2, 0) is 37.5 Å². The minimum absolute atomic E-state index is 0.00878. The first-order valence-corrected chi connectivity index (χ1v) is 7.52. The second kappa shape index (κ2) is 8.70. The van der Waals surface area contributed by atoms with E-state index >= 15 is 0 Å². The number of rotatable bonds is 6. The van der Waals surface area contributed by atoms with Crippen LogP contribution in [0.4, 0.5) is 0 Å². The van der Waals surface area contributed by atoms with Crippen LogP contribution in [-0.4, -0.2) is 37.8 Å². The molecule has 0 bridgehead atoms. The van der Waals surface area contributed by atoms with E-state index in [1.807, 2.05) is 0 Å². The SMILES string of the molecule is CC(=O)N(OC(=O)CCCn1nnc(CCl)c1CCl)C(C)=O. The summed E-state index contributed by atoms with van der Waals surface area (Å²) in [6.07, 6.45) is 0.395. The second-order valence-electron chi connectivity index (χ2n) is 4.37. The molecule has 0 aliphatic carbocycles. The monoisotopic (exact) mass is 350 g/mol. The summed E-state index contributed by atoms with van der Waals surface area (Å²) >= 11 is 11.5. The van der Waals surface area contributed by atoms with Gasteiger partial charge in [-0.1, -0.05) is 5.21 Å². The number of aryl methyl sites for hydroxylation is 1. The molecule has 0 spiro atoms. The van der Waals surface area contributed by atoms with Gasteiger partial charge < -0.3 is 4.84 Å². The molecule has 0 saturated carbocycles. The predicted molar refractivity (Wildman–Crippen MR) is 77.7 cm³/mol. The molecule has 1 heterocycles. The fourth-order valence-corrected chi connectivity index (χ4v) is 2.17. The fraction of sp³-hybridized carbons (Fsp3) is 0.583. The normalized spacial score (nSPS) is 10.4. The molecule has 0 unspecified atom stereocenters. The summed E-state index contributed by atoms with van der Waals surface area (Å²) in [6, 6.07) is 0. The van der Waals surface area contributed by atoms with Crippen LogP contribution in [0, 0.1) is 0 Å². The molecule has 22 heavy (non-hydrogen) atoms. The first-order valence-electron chi connectivity index (χ1n) is 6.45. The van der Waals surface area contributed by atoms with Gasteiger partial charge in [0.15, 0.2) is 0 Å². The number of alkyl halides is 2. The van der Waals surface area contributed by atoms with E-state index in [9.17, 15) is 14.4 Å². The van der Waals surface area contributed by atoms with E-state index in [-0.39, 0.29) is 18.2 Å². The van der Waals surface area contributed by atoms with Gasteiger partial charge in [0.2, 0.25) is 0 Å². The molecule has 0 fully saturated rings. The zero-order chi connectivity index (χ0) is 16.7. The van der Waals surface area contributed by atoms with Gasteiger partial charge in [-0.25, -0.2) is 9.48 Å². The largest absolute Gasteiger partial charge is 0.333 e. The third kappa shape index (κ3) is 4.96. The van der Waals surface area contributed by atoms with Gasteiger partial charge in [-0.05, 0) is 6.42 Å². The van der Waals surface area contributed by atoms with Crippen LogP contribution in [0.15, 0.2) is 0 Å². The number of aromatic nitrogens is 3. The van der Waals surface area contributed by atoms with Gasteiger partial charge in [-0.3, -0.25) is 9.59 Å². The molecule has 0 saturated heterocycles. The van der Waals surface area contributed by atoms with Crippen LogP contribution in [0.5, 0.6) is 0 Å². The molecule has 0 radical (unpaired) electrons. The van der Waals surface area contributed by atoms with Gasteiger partial charge in [-0.2, -0.15) is 0 Å². The van der Waals surface area contributed by atoms with E-state index in [1.165, 1.54) is 0 Å². The Kier molecular flexibility index (Phi) is 7.26. The number of nitrogens with zero attached hydrogens (tertiary/aromatic N) is 4. The average molecular weight is 351 g/mol. The van der Waals surface area contributed by atoms with Crippen molar-refractivity contribution in [2.45, 2.75) is 45.0 Å². The molecule has 0 aliphatic rings. The van der Waals surface area contributed by atoms with E-state index in [0.29, 0.717) is 29.4 Å². The van der Waals surface area contributed by atoms with Gasteiger partial charge in [0.05, 0.1) is 17.5 Å². The van der Waals surface area contributed by atoms with Crippen molar-refractivity contribution in [3.05, 3.63) is 11.4 Å². The molecule has 1 aromatic rings. The Morgan fingerprint density at radius 3 is 2.32 bits per heavy atom. The summed E-state index contributed by atoms with van der Waals surface area (Å²) in [5.74, 6) is -1.59. The van der Waals surface area contributed by atoms with Crippen molar-refractivity contribution in [3.63, 3.8) is 0 Å². The number of amides is 2. The van der Waals surface area contributed by atoms with Gasteiger partial charge in [0, 0.05) is 26.8 Å². The van der Waals surface area contributed by atoms with E-state index < -0.39 is 17.8 Å². The predicted octanol–water partition coefficient (Wildman–Crippen LogP) is 1.39. The van der Waals surface area contributed by atoms with Crippen LogP contribution in [0.25, 0.3) is 0 Å². The lowest BCUT2D eigenvalue weighted by molar-refractivity contribution is -0.200. The third-order valence-corrected chi connectivity index (χ3v) is 3.19. The highest BCUT2D eigenvalue weighted by atomic mass is 35.5. The number of imide groups is 1. The Morgan fingerprint density at radius 1 is 1.18 bits per heavy atom. The summed E-state index contributed by atoms with van der Waals surface area (Å²) in [7, 11) is 0. The van der Waals surface area contributed by atoms with Crippen LogP contribution in [0.2, 0.25) is 0 Å².